The lowest BCUT2D eigenvalue weighted by Gasteiger charge is -2.35. The minimum atomic E-state index is -0.913. The fourth-order valence-electron chi connectivity index (χ4n) is 14.9. The molecule has 16 heterocycles. The summed E-state index contributed by atoms with van der Waals surface area (Å²) in [6.07, 6.45) is 13.4. The number of hydrogen-bond acceptors (Lipinski definition) is 23. The van der Waals surface area contributed by atoms with Crippen molar-refractivity contribution in [3.8, 4) is 0 Å². The second-order valence-electron chi connectivity index (χ2n) is 29.7. The zero-order chi connectivity index (χ0) is 77.6. The van der Waals surface area contributed by atoms with Crippen LogP contribution in [0.1, 0.15) is 133 Å². The van der Waals surface area contributed by atoms with Crippen molar-refractivity contribution in [2.24, 2.45) is 5.92 Å². The van der Waals surface area contributed by atoms with Gasteiger partial charge in [-0.15, -0.1) is 0 Å². The summed E-state index contributed by atoms with van der Waals surface area (Å²) in [5, 5.41) is 32.2. The number of nitrogens with zero attached hydrogens (tertiary/aromatic N) is 17. The second kappa shape index (κ2) is 33.0. The van der Waals surface area contributed by atoms with Crippen molar-refractivity contribution >= 4 is 117 Å². The Balaban J connectivity index is 0.000000123. The van der Waals surface area contributed by atoms with Crippen LogP contribution >= 0.6 is 0 Å². The largest absolute Gasteiger partial charge is 0.393 e. The van der Waals surface area contributed by atoms with Gasteiger partial charge in [0.05, 0.1) is 58.6 Å². The molecule has 32 nitrogen and oxygen atoms in total. The first-order valence-corrected chi connectivity index (χ1v) is 37.6. The number of aliphatic hydroxyl groups excluding tert-OH is 1. The monoisotopic (exact) mass is 1510 g/mol. The summed E-state index contributed by atoms with van der Waals surface area (Å²) >= 11 is 0. The Morgan fingerprint density at radius 1 is 0.441 bits per heavy atom. The van der Waals surface area contributed by atoms with Gasteiger partial charge in [-0.3, -0.25) is 65.5 Å². The smallest absolute Gasteiger partial charge is 0.329 e. The number of pyridine rings is 8. The molecule has 7 N–H and O–H groups in total. The van der Waals surface area contributed by atoms with Gasteiger partial charge >= 0.3 is 24.1 Å². The summed E-state index contributed by atoms with van der Waals surface area (Å²) in [4.78, 5) is 152. The summed E-state index contributed by atoms with van der Waals surface area (Å²) in [5.41, 5.74) is 6.61. The maximum absolute atomic E-state index is 13.1. The van der Waals surface area contributed by atoms with Gasteiger partial charge in [-0.05, 0) is 175 Å². The quantitative estimate of drug-likeness (QED) is 0.0329. The number of carbonyl (C=O) groups is 8. The Hall–Kier alpha value is -12.2. The van der Waals surface area contributed by atoms with Crippen LogP contribution in [-0.2, 0) is 0 Å². The number of amides is 9. The number of aromatic nitrogens is 8. The maximum Gasteiger partial charge on any atom is 0.329 e. The summed E-state index contributed by atoms with van der Waals surface area (Å²) in [6, 6.07) is 34.7. The highest BCUT2D eigenvalue weighted by atomic mass is 16.3. The Labute approximate surface area is 641 Å². The van der Waals surface area contributed by atoms with Crippen LogP contribution in [0.25, 0.3) is 0 Å². The third-order valence-electron chi connectivity index (χ3n) is 20.6. The fourth-order valence-corrected chi connectivity index (χ4v) is 14.9. The van der Waals surface area contributed by atoms with E-state index in [9.17, 15) is 48.6 Å². The zero-order valence-electron chi connectivity index (χ0n) is 62.5. The van der Waals surface area contributed by atoms with Gasteiger partial charge in [0.2, 0.25) is 0 Å². The van der Waals surface area contributed by atoms with Crippen LogP contribution in [0.5, 0.6) is 0 Å². The Morgan fingerprint density at radius 3 is 1.05 bits per heavy atom. The van der Waals surface area contributed by atoms with Crippen LogP contribution in [0.2, 0.25) is 0 Å². The molecule has 9 aliphatic rings. The third-order valence-corrected chi connectivity index (χ3v) is 20.6. The summed E-state index contributed by atoms with van der Waals surface area (Å²) < 4.78 is 0. The van der Waals surface area contributed by atoms with E-state index in [2.05, 4.69) is 86.2 Å². The predicted octanol–water partition coefficient (Wildman–Crippen LogP) is 9.70. The molecule has 0 spiro atoms. The van der Waals surface area contributed by atoms with Gasteiger partial charge in [0, 0.05) is 111 Å². The SMILES string of the molecule is CC(C)(O)CCC(=O)c1ccc2c(n1)N(C(=O)Nc1ccccn1)[C@H]1CCN2C1.CN(C)NC(=O)c1ccc2c(n1)N(C(=O)Nc1ccccn1)[C@H]1CCN2C1.C[C@@H](O)CCC(=O)c1ccc2c(n1)N(C(=O)Nc1ccccn1)[C@H]1CCN2C1.O=C(CC1CC1)c1ccc2c(n1)N(C(=O)Nc1ccccn1)[C@H]1CCN2C1. The number of anilines is 12. The molecule has 4 saturated heterocycles. The maximum atomic E-state index is 13.1. The van der Waals surface area contributed by atoms with E-state index in [0.29, 0.717) is 88.8 Å². The lowest BCUT2D eigenvalue weighted by atomic mass is 10.00. The highest BCUT2D eigenvalue weighted by Crippen LogP contribution is 2.44. The number of nitrogens with one attached hydrogen (secondary N) is 5. The number of aliphatic hydroxyl groups is 2. The van der Waals surface area contributed by atoms with Gasteiger partial charge < -0.3 is 29.8 Å². The lowest BCUT2D eigenvalue weighted by Crippen LogP contribution is -2.48. The zero-order valence-corrected chi connectivity index (χ0v) is 62.5. The van der Waals surface area contributed by atoms with Gasteiger partial charge in [-0.2, -0.15) is 0 Å². The van der Waals surface area contributed by atoms with E-state index in [-0.39, 0.29) is 90.1 Å². The molecule has 111 heavy (non-hydrogen) atoms. The first-order valence-electron chi connectivity index (χ1n) is 37.6. The van der Waals surface area contributed by atoms with E-state index >= 15 is 0 Å². The van der Waals surface area contributed by atoms with Crippen molar-refractivity contribution in [1.29, 1.82) is 0 Å². The molecule has 8 aromatic heterocycles. The van der Waals surface area contributed by atoms with Crippen molar-refractivity contribution in [1.82, 2.24) is 50.3 Å². The molecule has 0 unspecified atom stereocenters. The molecule has 0 radical (unpaired) electrons. The molecule has 8 aromatic rings. The summed E-state index contributed by atoms with van der Waals surface area (Å²) in [7, 11) is 3.46. The second-order valence-corrected chi connectivity index (χ2v) is 29.7. The first-order chi connectivity index (χ1) is 53.6. The van der Waals surface area contributed by atoms with E-state index < -0.39 is 11.7 Å². The van der Waals surface area contributed by atoms with Crippen molar-refractivity contribution < 1.29 is 48.6 Å². The Kier molecular flexibility index (Phi) is 22.5. The number of fused-ring (bicyclic) bond motifs is 16. The molecule has 576 valence electrons. The minimum absolute atomic E-state index is 0.000407. The van der Waals surface area contributed by atoms with Crippen LogP contribution in [-0.4, -0.2) is 205 Å². The van der Waals surface area contributed by atoms with Crippen LogP contribution in [0.15, 0.2) is 146 Å². The van der Waals surface area contributed by atoms with Crippen LogP contribution < -0.4 is 65.9 Å². The van der Waals surface area contributed by atoms with Crippen LogP contribution in [0, 0.1) is 5.92 Å². The summed E-state index contributed by atoms with van der Waals surface area (Å²) in [5.74, 6) is 3.99. The number of rotatable bonds is 17. The molecule has 8 aliphatic heterocycles. The highest BCUT2D eigenvalue weighted by Gasteiger charge is 2.45. The number of hydrogen-bond donors (Lipinski definition) is 7. The number of carbonyl (C=O) groups excluding carboxylic acids is 8. The van der Waals surface area contributed by atoms with Gasteiger partial charge in [0.1, 0.15) is 46.0 Å². The number of ketones is 3. The van der Waals surface area contributed by atoms with Gasteiger partial charge in [-0.25, -0.2) is 64.1 Å². The fraction of sp³-hybridized carbons (Fsp3) is 0.392. The molecule has 5 fully saturated rings. The van der Waals surface area contributed by atoms with E-state index in [1.807, 2.05) is 42.5 Å². The summed E-state index contributed by atoms with van der Waals surface area (Å²) in [6.45, 7) is 11.5. The number of urea groups is 4. The molecule has 0 aromatic carbocycles. The Bertz CT molecular complexity index is 4630. The first kappa shape index (κ1) is 75.6. The topological polar surface area (TPSA) is 369 Å². The molecule has 1 saturated carbocycles. The number of hydrazine groups is 1. The van der Waals surface area contributed by atoms with Gasteiger partial charge in [-0.1, -0.05) is 24.3 Å². The molecule has 17 rings (SSSR count). The third kappa shape index (κ3) is 17.6. The standard InChI is InChI=1S/C21H25N5O3.C20H23N5O3.C20H21N5O2.C18H21N7O2/c1-21(2,29)10-8-17(27)15-6-7-16-19(23-15)26(14-9-12-25(16)13-14)20(28)24-18-5-3-4-11-22-18;1-13(26)5-8-17(27)15-6-7-16-19(22-15)25(14-9-11-24(16)12-14)20(28)23-18-4-2-3-10-21-18;26-17(11-13-4-5-13)15-6-7-16-19(22-15)25(14-8-10-24(16)12-14)20(27)23-18-3-1-2-9-21-18;1-23(2)22-17(26)13-6-7-14-16(20-13)25(12-8-10-24(14)11-12)18(27)21-15-5-3-4-9-19-15/h3-7,11,14,29H,8-10,12-13H2,1-2H3,(H,22,24,28);2-4,6-7,10,13-14,26H,5,8-9,11-12H2,1H3,(H,21,23,28);1-3,6-7,9,13-14H,4-5,8,10-12H2,(H,21,23,27);3-7,9,12H,8,10-11H2,1-2H3,(H,22,26)(H,19,21,27)/t14-;13-,14+;14-;12-/m0100/s1. The molecule has 1 aliphatic carbocycles. The molecule has 9 amide bonds. The molecule has 32 heteroatoms. The van der Waals surface area contributed by atoms with Crippen LogP contribution in [0.3, 0.4) is 0 Å². The van der Waals surface area contributed by atoms with Gasteiger partial charge in [0.15, 0.2) is 40.6 Å². The average molecular weight is 1510 g/mol. The predicted molar refractivity (Wildman–Crippen MR) is 420 cm³/mol. The lowest BCUT2D eigenvalue weighted by molar-refractivity contribution is 0.0631. The molecule has 8 bridgehead atoms. The molecule has 5 atom stereocenters. The van der Waals surface area contributed by atoms with E-state index in [0.717, 1.165) is 114 Å². The van der Waals surface area contributed by atoms with Crippen molar-refractivity contribution in [3.63, 3.8) is 0 Å². The normalized spacial score (nSPS) is 18.6. The average Bonchev–Trinajstić information content (AvgIpc) is 1.71. The van der Waals surface area contributed by atoms with Crippen molar-refractivity contribution in [3.05, 3.63) is 169 Å². The molecular weight excluding hydrogens is 1420 g/mol. The van der Waals surface area contributed by atoms with Gasteiger partial charge in [0.25, 0.3) is 5.91 Å². The number of Topliss-reactive ketones (excluding diaryl/α,β-unsaturated/α-hetero) is 3. The van der Waals surface area contributed by atoms with E-state index in [4.69, 9.17) is 0 Å². The highest BCUT2D eigenvalue weighted by molar-refractivity contribution is 6.09. The van der Waals surface area contributed by atoms with E-state index in [1.165, 1.54) is 0 Å². The van der Waals surface area contributed by atoms with Crippen molar-refractivity contribution in [2.45, 2.75) is 127 Å². The van der Waals surface area contributed by atoms with Crippen LogP contribution in [0.4, 0.5) is 88.5 Å². The molecular formula is C79H90N22O10. The van der Waals surface area contributed by atoms with E-state index in [1.54, 1.807) is 163 Å². The van der Waals surface area contributed by atoms with Crippen molar-refractivity contribution in [2.75, 3.05) is 127 Å². The Morgan fingerprint density at radius 2 is 0.757 bits per heavy atom. The minimum Gasteiger partial charge on any atom is -0.393 e.